The number of carbonyl (C=O) groups is 1. The number of nitrogens with zero attached hydrogens (tertiary/aromatic N) is 1. The second-order valence-electron chi connectivity index (χ2n) is 3.52. The van der Waals surface area contributed by atoms with Crippen molar-refractivity contribution in [2.45, 2.75) is 32.6 Å². The number of carbonyl (C=O) groups excluding carboxylic acids is 1. The van der Waals surface area contributed by atoms with Crippen molar-refractivity contribution < 1.29 is 4.79 Å². The Morgan fingerprint density at radius 3 is 2.93 bits per heavy atom. The number of hydrogen-bond acceptors (Lipinski definition) is 4. The lowest BCUT2D eigenvalue weighted by molar-refractivity contribution is -0.118. The average Bonchev–Trinajstić information content (AvgIpc) is 2.58. The van der Waals surface area contributed by atoms with Crippen LogP contribution < -0.4 is 5.32 Å². The zero-order valence-electron chi connectivity index (χ0n) is 9.24. The normalized spacial score (nSPS) is 10.7. The van der Waals surface area contributed by atoms with Crippen LogP contribution in [-0.4, -0.2) is 21.9 Å². The molecule has 0 aliphatic rings. The molecule has 5 heteroatoms. The number of nitrogens with one attached hydrogen (secondary N) is 1. The minimum Gasteiger partial charge on any atom is -0.349 e. The van der Waals surface area contributed by atoms with Crippen molar-refractivity contribution in [2.24, 2.45) is 0 Å². The third-order valence-electron chi connectivity index (χ3n) is 1.65. The molecule has 0 aliphatic heterocycles. The Morgan fingerprint density at radius 2 is 2.40 bits per heavy atom. The van der Waals surface area contributed by atoms with Crippen LogP contribution in [-0.2, 0) is 11.3 Å². The summed E-state index contributed by atoms with van der Waals surface area (Å²) in [5, 5.41) is 6.31. The van der Waals surface area contributed by atoms with Crippen LogP contribution in [0.4, 0.5) is 0 Å². The Morgan fingerprint density at radius 1 is 1.67 bits per heavy atom. The van der Waals surface area contributed by atoms with E-state index in [9.17, 15) is 4.79 Å². The van der Waals surface area contributed by atoms with Gasteiger partial charge in [0, 0.05) is 11.1 Å². The molecule has 0 aromatic carbocycles. The number of aryl methyl sites for hydroxylation is 1. The second kappa shape index (κ2) is 6.12. The van der Waals surface area contributed by atoms with E-state index in [-0.39, 0.29) is 5.91 Å². The summed E-state index contributed by atoms with van der Waals surface area (Å²) in [7, 11) is 0. The highest BCUT2D eigenvalue weighted by Crippen LogP contribution is 2.09. The van der Waals surface area contributed by atoms with Crippen molar-refractivity contribution in [3.05, 3.63) is 16.1 Å². The van der Waals surface area contributed by atoms with Gasteiger partial charge in [-0.05, 0) is 12.2 Å². The first-order chi connectivity index (χ1) is 7.08. The summed E-state index contributed by atoms with van der Waals surface area (Å²) in [5.74, 6) is 0.615. The fraction of sp³-hybridized carbons (Fsp3) is 0.600. The number of aromatic nitrogens is 1. The summed E-state index contributed by atoms with van der Waals surface area (Å²) in [5.41, 5.74) is 1.01. The van der Waals surface area contributed by atoms with Gasteiger partial charge in [0.1, 0.15) is 5.01 Å². The maximum Gasteiger partial charge on any atom is 0.230 e. The molecule has 1 aromatic heterocycles. The summed E-state index contributed by atoms with van der Waals surface area (Å²) >= 11 is 3.23. The Kier molecular flexibility index (Phi) is 5.11. The highest BCUT2D eigenvalue weighted by atomic mass is 32.2. The van der Waals surface area contributed by atoms with E-state index in [1.807, 2.05) is 12.3 Å². The molecule has 15 heavy (non-hydrogen) atoms. The molecule has 1 rings (SSSR count). The van der Waals surface area contributed by atoms with Crippen molar-refractivity contribution >= 4 is 29.0 Å². The van der Waals surface area contributed by atoms with E-state index in [1.54, 1.807) is 23.1 Å². The molecular weight excluding hydrogens is 228 g/mol. The molecule has 1 heterocycles. The van der Waals surface area contributed by atoms with Crippen molar-refractivity contribution in [1.82, 2.24) is 10.3 Å². The molecule has 1 N–H and O–H groups in total. The molecule has 0 saturated carbocycles. The number of thiazole rings is 1. The fourth-order valence-electron chi connectivity index (χ4n) is 0.951. The molecule has 1 amide bonds. The fourth-order valence-corrected chi connectivity index (χ4v) is 2.25. The van der Waals surface area contributed by atoms with Crippen LogP contribution in [0.25, 0.3) is 0 Å². The quantitative estimate of drug-likeness (QED) is 0.863. The van der Waals surface area contributed by atoms with Gasteiger partial charge in [0.15, 0.2) is 0 Å². The monoisotopic (exact) mass is 244 g/mol. The van der Waals surface area contributed by atoms with Crippen LogP contribution in [0, 0.1) is 6.92 Å². The van der Waals surface area contributed by atoms with E-state index in [0.29, 0.717) is 17.5 Å². The number of hydrogen-bond donors (Lipinski definition) is 1. The zero-order valence-corrected chi connectivity index (χ0v) is 10.9. The Labute approximate surface area is 98.7 Å². The molecule has 84 valence electrons. The largest absolute Gasteiger partial charge is 0.349 e. The summed E-state index contributed by atoms with van der Waals surface area (Å²) in [6, 6.07) is 0. The minimum absolute atomic E-state index is 0.0848. The number of rotatable bonds is 5. The lowest BCUT2D eigenvalue weighted by Gasteiger charge is -2.04. The van der Waals surface area contributed by atoms with Crippen LogP contribution >= 0.6 is 23.1 Å². The van der Waals surface area contributed by atoms with Crippen LogP contribution in [0.5, 0.6) is 0 Å². The Balaban J connectivity index is 2.22. The summed E-state index contributed by atoms with van der Waals surface area (Å²) in [4.78, 5) is 15.6. The topological polar surface area (TPSA) is 42.0 Å². The smallest absolute Gasteiger partial charge is 0.230 e. The van der Waals surface area contributed by atoms with Crippen molar-refractivity contribution in [3.8, 4) is 0 Å². The van der Waals surface area contributed by atoms with Crippen LogP contribution in [0.3, 0.4) is 0 Å². The van der Waals surface area contributed by atoms with E-state index >= 15 is 0 Å². The SMILES string of the molecule is Cc1csc(CNC(=O)CSC(C)C)n1. The molecule has 0 radical (unpaired) electrons. The molecule has 3 nitrogen and oxygen atoms in total. The predicted octanol–water partition coefficient (Wildman–Crippen LogP) is 2.21. The molecule has 0 spiro atoms. The van der Waals surface area contributed by atoms with E-state index in [1.165, 1.54) is 0 Å². The zero-order chi connectivity index (χ0) is 11.3. The molecule has 0 saturated heterocycles. The van der Waals surface area contributed by atoms with Crippen molar-refractivity contribution in [1.29, 1.82) is 0 Å². The molecule has 0 bridgehead atoms. The van der Waals surface area contributed by atoms with Crippen LogP contribution in [0.15, 0.2) is 5.38 Å². The summed E-state index contributed by atoms with van der Waals surface area (Å²) in [6.07, 6.45) is 0. The number of amides is 1. The van der Waals surface area contributed by atoms with Gasteiger partial charge < -0.3 is 5.32 Å². The Bertz CT molecular complexity index is 323. The van der Waals surface area contributed by atoms with Gasteiger partial charge in [-0.1, -0.05) is 13.8 Å². The molecule has 0 fully saturated rings. The van der Waals surface area contributed by atoms with Gasteiger partial charge in [-0.15, -0.1) is 23.1 Å². The van der Waals surface area contributed by atoms with Gasteiger partial charge >= 0.3 is 0 Å². The molecule has 0 unspecified atom stereocenters. The molecule has 0 atom stereocenters. The molecular formula is C10H16N2OS2. The highest BCUT2D eigenvalue weighted by molar-refractivity contribution is 8.00. The third kappa shape index (κ3) is 5.18. The first-order valence-corrected chi connectivity index (χ1v) is 6.80. The van der Waals surface area contributed by atoms with Gasteiger partial charge in [0.2, 0.25) is 5.91 Å². The third-order valence-corrected chi connectivity index (χ3v) is 3.71. The van der Waals surface area contributed by atoms with Gasteiger partial charge in [-0.3, -0.25) is 4.79 Å². The van der Waals surface area contributed by atoms with Crippen LogP contribution in [0.2, 0.25) is 0 Å². The summed E-state index contributed by atoms with van der Waals surface area (Å²) < 4.78 is 0. The van der Waals surface area contributed by atoms with E-state index in [4.69, 9.17) is 0 Å². The van der Waals surface area contributed by atoms with E-state index in [2.05, 4.69) is 24.1 Å². The van der Waals surface area contributed by atoms with Gasteiger partial charge in [0.25, 0.3) is 0 Å². The Hall–Kier alpha value is -0.550. The van der Waals surface area contributed by atoms with E-state index in [0.717, 1.165) is 10.7 Å². The van der Waals surface area contributed by atoms with E-state index < -0.39 is 0 Å². The average molecular weight is 244 g/mol. The standard InChI is InChI=1S/C10H16N2OS2/c1-7(2)14-6-9(13)11-4-10-12-8(3)5-15-10/h5,7H,4,6H2,1-3H3,(H,11,13). The first-order valence-electron chi connectivity index (χ1n) is 4.87. The molecule has 0 aliphatic carbocycles. The van der Waals surface area contributed by atoms with Gasteiger partial charge in [-0.25, -0.2) is 4.98 Å². The van der Waals surface area contributed by atoms with Gasteiger partial charge in [-0.2, -0.15) is 0 Å². The number of thioether (sulfide) groups is 1. The van der Waals surface area contributed by atoms with Crippen molar-refractivity contribution in [3.63, 3.8) is 0 Å². The van der Waals surface area contributed by atoms with Crippen molar-refractivity contribution in [2.75, 3.05) is 5.75 Å². The lowest BCUT2D eigenvalue weighted by Crippen LogP contribution is -2.25. The highest BCUT2D eigenvalue weighted by Gasteiger charge is 2.04. The minimum atomic E-state index is 0.0848. The van der Waals surface area contributed by atoms with Gasteiger partial charge in [0.05, 0.1) is 12.3 Å². The lowest BCUT2D eigenvalue weighted by atomic mass is 10.5. The summed E-state index contributed by atoms with van der Waals surface area (Å²) in [6.45, 7) is 6.68. The predicted molar refractivity (Wildman–Crippen MR) is 66.3 cm³/mol. The second-order valence-corrected chi connectivity index (χ2v) is 6.03. The molecule has 1 aromatic rings. The first kappa shape index (κ1) is 12.5. The van der Waals surface area contributed by atoms with Crippen LogP contribution in [0.1, 0.15) is 24.5 Å². The maximum absolute atomic E-state index is 11.4. The maximum atomic E-state index is 11.4.